The summed E-state index contributed by atoms with van der Waals surface area (Å²) in [6, 6.07) is -0.764. The zero-order chi connectivity index (χ0) is 23.8. The number of alkyl halides is 6. The van der Waals surface area contributed by atoms with Crippen LogP contribution in [0.1, 0.15) is 36.1 Å². The Labute approximate surface area is 178 Å². The monoisotopic (exact) mass is 469 g/mol. The van der Waals surface area contributed by atoms with Gasteiger partial charge in [-0.2, -0.15) is 26.3 Å². The van der Waals surface area contributed by atoms with Gasteiger partial charge in [-0.05, 0) is 13.3 Å². The normalized spacial score (nSPS) is 20.9. The van der Waals surface area contributed by atoms with Gasteiger partial charge < -0.3 is 20.3 Å². The Bertz CT molecular complexity index is 891. The molecule has 2 aliphatic heterocycles. The number of morpholine rings is 1. The zero-order valence-electron chi connectivity index (χ0n) is 17.0. The Balaban J connectivity index is 1.72. The summed E-state index contributed by atoms with van der Waals surface area (Å²) in [6.45, 7) is 1.37. The van der Waals surface area contributed by atoms with Crippen LogP contribution in [0.4, 0.5) is 26.3 Å². The average Bonchev–Trinajstić information content (AvgIpc) is 2.67. The third-order valence-electron chi connectivity index (χ3n) is 5.15. The van der Waals surface area contributed by atoms with Crippen LogP contribution in [0.2, 0.25) is 0 Å². The molecule has 0 aromatic carbocycles. The molecule has 8 nitrogen and oxygen atoms in total. The molecule has 0 radical (unpaired) electrons. The molecule has 0 spiro atoms. The van der Waals surface area contributed by atoms with Crippen LogP contribution in [0.15, 0.2) is 0 Å². The fourth-order valence-electron chi connectivity index (χ4n) is 3.65. The van der Waals surface area contributed by atoms with E-state index in [1.807, 2.05) is 0 Å². The van der Waals surface area contributed by atoms with Gasteiger partial charge in [-0.15, -0.1) is 0 Å². The molecule has 14 heteroatoms. The molecule has 2 atom stereocenters. The first-order valence-corrected chi connectivity index (χ1v) is 9.72. The van der Waals surface area contributed by atoms with Crippen molar-refractivity contribution in [2.45, 2.75) is 50.8 Å². The van der Waals surface area contributed by atoms with Crippen LogP contribution < -0.4 is 5.73 Å². The largest absolute Gasteiger partial charge is 0.451 e. The number of amides is 2. The quantitative estimate of drug-likeness (QED) is 0.669. The minimum Gasteiger partial charge on any atom is -0.367 e. The van der Waals surface area contributed by atoms with Gasteiger partial charge in [0.15, 0.2) is 5.69 Å². The van der Waals surface area contributed by atoms with E-state index in [1.54, 1.807) is 6.92 Å². The van der Waals surface area contributed by atoms with Gasteiger partial charge >= 0.3 is 12.4 Å². The highest BCUT2D eigenvalue weighted by Gasteiger charge is 2.43. The van der Waals surface area contributed by atoms with Crippen LogP contribution in [-0.2, 0) is 39.6 Å². The van der Waals surface area contributed by atoms with Crippen LogP contribution in [-0.4, -0.2) is 70.0 Å². The molecule has 32 heavy (non-hydrogen) atoms. The second-order valence-corrected chi connectivity index (χ2v) is 7.77. The van der Waals surface area contributed by atoms with Gasteiger partial charge in [0.25, 0.3) is 0 Å². The van der Waals surface area contributed by atoms with Crippen molar-refractivity contribution in [1.82, 2.24) is 19.8 Å². The Morgan fingerprint density at radius 3 is 2.53 bits per heavy atom. The summed E-state index contributed by atoms with van der Waals surface area (Å²) >= 11 is 0. The third-order valence-corrected chi connectivity index (χ3v) is 5.15. The zero-order valence-corrected chi connectivity index (χ0v) is 17.0. The minimum atomic E-state index is -5.18. The molecule has 1 saturated heterocycles. The second-order valence-electron chi connectivity index (χ2n) is 7.77. The lowest BCUT2D eigenvalue weighted by Gasteiger charge is -2.34. The van der Waals surface area contributed by atoms with E-state index in [0.717, 1.165) is 4.90 Å². The van der Waals surface area contributed by atoms with Crippen molar-refractivity contribution in [2.24, 2.45) is 5.73 Å². The molecule has 0 saturated carbocycles. The standard InChI is InChI=1S/C18H21F6N5O3/c1-9-5-29(14(31)8-32-9)6-10(25)4-13(30)28-3-2-11-12(7-28)26-16(18(22,23)24)27-15(11)17(19,20)21/h9-10H,2-8,25H2,1H3/t9-,10+/m0/s1. The molecule has 3 heterocycles. The van der Waals surface area contributed by atoms with Crippen molar-refractivity contribution < 1.29 is 40.7 Å². The van der Waals surface area contributed by atoms with Crippen molar-refractivity contribution in [3.8, 4) is 0 Å². The fraction of sp³-hybridized carbons (Fsp3) is 0.667. The number of aromatic nitrogens is 2. The highest BCUT2D eigenvalue weighted by molar-refractivity contribution is 5.79. The predicted molar refractivity (Wildman–Crippen MR) is 95.7 cm³/mol. The number of fused-ring (bicyclic) bond motifs is 1. The van der Waals surface area contributed by atoms with E-state index in [-0.39, 0.29) is 44.5 Å². The Morgan fingerprint density at radius 1 is 1.22 bits per heavy atom. The maximum Gasteiger partial charge on any atom is 0.451 e. The molecular formula is C18H21F6N5O3. The number of hydrogen-bond acceptors (Lipinski definition) is 6. The number of ether oxygens (including phenoxy) is 1. The maximum atomic E-state index is 13.3. The van der Waals surface area contributed by atoms with Gasteiger partial charge in [0.1, 0.15) is 6.61 Å². The summed E-state index contributed by atoms with van der Waals surface area (Å²) in [5.74, 6) is -2.75. The summed E-state index contributed by atoms with van der Waals surface area (Å²) in [4.78, 5) is 33.0. The molecule has 0 unspecified atom stereocenters. The number of carbonyl (C=O) groups excluding carboxylic acids is 2. The smallest absolute Gasteiger partial charge is 0.367 e. The van der Waals surface area contributed by atoms with E-state index in [4.69, 9.17) is 10.5 Å². The Kier molecular flexibility index (Phi) is 6.65. The van der Waals surface area contributed by atoms with Crippen molar-refractivity contribution >= 4 is 11.8 Å². The first-order chi connectivity index (χ1) is 14.8. The van der Waals surface area contributed by atoms with Crippen molar-refractivity contribution in [2.75, 3.05) is 26.2 Å². The van der Waals surface area contributed by atoms with E-state index in [2.05, 4.69) is 9.97 Å². The van der Waals surface area contributed by atoms with E-state index >= 15 is 0 Å². The highest BCUT2D eigenvalue weighted by Crippen LogP contribution is 2.36. The van der Waals surface area contributed by atoms with Crippen LogP contribution >= 0.6 is 0 Å². The first-order valence-electron chi connectivity index (χ1n) is 9.72. The number of rotatable bonds is 4. The minimum absolute atomic E-state index is 0.0707. The first kappa shape index (κ1) is 24.2. The molecule has 2 aliphatic rings. The van der Waals surface area contributed by atoms with Gasteiger partial charge in [0.05, 0.1) is 18.3 Å². The summed E-state index contributed by atoms with van der Waals surface area (Å²) in [7, 11) is 0. The topological polar surface area (TPSA) is 102 Å². The van der Waals surface area contributed by atoms with Gasteiger partial charge in [0.2, 0.25) is 17.6 Å². The molecule has 1 aromatic heterocycles. The van der Waals surface area contributed by atoms with Gasteiger partial charge in [0, 0.05) is 37.7 Å². The fourth-order valence-corrected chi connectivity index (χ4v) is 3.65. The Morgan fingerprint density at radius 2 is 1.91 bits per heavy atom. The van der Waals surface area contributed by atoms with E-state index in [1.165, 1.54) is 4.90 Å². The molecule has 1 fully saturated rings. The number of nitrogens with two attached hydrogens (primary N) is 1. The Hall–Kier alpha value is -2.48. The van der Waals surface area contributed by atoms with Crippen molar-refractivity contribution in [3.05, 3.63) is 22.8 Å². The maximum absolute atomic E-state index is 13.3. The van der Waals surface area contributed by atoms with Crippen LogP contribution in [0.3, 0.4) is 0 Å². The average molecular weight is 469 g/mol. The molecule has 1 aromatic rings. The van der Waals surface area contributed by atoms with Crippen LogP contribution in [0.25, 0.3) is 0 Å². The lowest BCUT2D eigenvalue weighted by Crippen LogP contribution is -2.51. The van der Waals surface area contributed by atoms with Crippen molar-refractivity contribution in [3.63, 3.8) is 0 Å². The summed E-state index contributed by atoms with van der Waals surface area (Å²) in [6.07, 6.45) is -11.0. The van der Waals surface area contributed by atoms with E-state index in [9.17, 15) is 35.9 Å². The molecular weight excluding hydrogens is 448 g/mol. The molecule has 3 rings (SSSR count). The van der Waals surface area contributed by atoms with Crippen LogP contribution in [0, 0.1) is 0 Å². The highest BCUT2D eigenvalue weighted by atomic mass is 19.4. The summed E-state index contributed by atoms with van der Waals surface area (Å²) in [5.41, 5.74) is 3.38. The van der Waals surface area contributed by atoms with Crippen molar-refractivity contribution in [1.29, 1.82) is 0 Å². The van der Waals surface area contributed by atoms with Gasteiger partial charge in [-0.25, -0.2) is 9.97 Å². The lowest BCUT2D eigenvalue weighted by atomic mass is 10.0. The lowest BCUT2D eigenvalue weighted by molar-refractivity contribution is -0.153. The summed E-state index contributed by atoms with van der Waals surface area (Å²) < 4.78 is 84.0. The molecule has 178 valence electrons. The second kappa shape index (κ2) is 8.81. The van der Waals surface area contributed by atoms with E-state index in [0.29, 0.717) is 6.54 Å². The molecule has 2 N–H and O–H groups in total. The number of nitrogens with zero attached hydrogens (tertiary/aromatic N) is 4. The molecule has 0 bridgehead atoms. The molecule has 2 amide bonds. The summed E-state index contributed by atoms with van der Waals surface area (Å²) in [5, 5.41) is 0. The van der Waals surface area contributed by atoms with Gasteiger partial charge in [-0.1, -0.05) is 0 Å². The van der Waals surface area contributed by atoms with Gasteiger partial charge in [-0.3, -0.25) is 9.59 Å². The predicted octanol–water partition coefficient (Wildman–Crippen LogP) is 1.36. The number of hydrogen-bond donors (Lipinski definition) is 1. The number of halogens is 6. The van der Waals surface area contributed by atoms with Crippen LogP contribution in [0.5, 0.6) is 0 Å². The third kappa shape index (κ3) is 5.46. The number of carbonyl (C=O) groups is 2. The molecule has 0 aliphatic carbocycles. The van der Waals surface area contributed by atoms with E-state index < -0.39 is 53.6 Å². The SMILES string of the molecule is C[C@H]1CN(C[C@H](N)CC(=O)N2CCc3c(nc(C(F)(F)F)nc3C(F)(F)F)C2)C(=O)CO1.